The first-order valence-electron chi connectivity index (χ1n) is 11.5. The Morgan fingerprint density at radius 2 is 1.92 bits per heavy atom. The Bertz CT molecular complexity index is 1460. The number of ether oxygens (including phenoxy) is 1. The van der Waals surface area contributed by atoms with E-state index in [0.717, 1.165) is 47.1 Å². The van der Waals surface area contributed by atoms with Crippen LogP contribution in [0.2, 0.25) is 0 Å². The summed E-state index contributed by atoms with van der Waals surface area (Å²) in [6.45, 7) is 1.33. The van der Waals surface area contributed by atoms with Gasteiger partial charge in [0.15, 0.2) is 0 Å². The topological polar surface area (TPSA) is 94.2 Å². The van der Waals surface area contributed by atoms with Gasteiger partial charge < -0.3 is 19.7 Å². The van der Waals surface area contributed by atoms with E-state index in [4.69, 9.17) is 4.74 Å². The highest BCUT2D eigenvalue weighted by Crippen LogP contribution is 2.39. The van der Waals surface area contributed by atoms with E-state index in [9.17, 15) is 18.7 Å². The molecule has 0 amide bonds. The smallest absolute Gasteiger partial charge is 0.291 e. The van der Waals surface area contributed by atoms with Crippen molar-refractivity contribution >= 4 is 11.4 Å². The van der Waals surface area contributed by atoms with Gasteiger partial charge in [-0.1, -0.05) is 0 Å². The molecule has 0 bridgehead atoms. The first kappa shape index (κ1) is 23.7. The monoisotopic (exact) mass is 493 g/mol. The SMILES string of the molecule is COc1cc(Nc2cc(C3CC3)nn([C@@H](CO)c3cc(F)cc(F)c3)c2=O)ccc1-n1cnc(C)c1. The van der Waals surface area contributed by atoms with Crippen LogP contribution in [0.25, 0.3) is 5.69 Å². The van der Waals surface area contributed by atoms with Crippen LogP contribution in [-0.4, -0.2) is 38.2 Å². The quantitative estimate of drug-likeness (QED) is 0.382. The Balaban J connectivity index is 1.55. The summed E-state index contributed by atoms with van der Waals surface area (Å²) in [6, 6.07) is 8.98. The van der Waals surface area contributed by atoms with Crippen molar-refractivity contribution in [1.29, 1.82) is 0 Å². The Morgan fingerprint density at radius 3 is 2.53 bits per heavy atom. The lowest BCUT2D eigenvalue weighted by Gasteiger charge is -2.20. The zero-order valence-corrected chi connectivity index (χ0v) is 19.8. The summed E-state index contributed by atoms with van der Waals surface area (Å²) < 4.78 is 36.3. The van der Waals surface area contributed by atoms with E-state index in [2.05, 4.69) is 15.4 Å². The van der Waals surface area contributed by atoms with Crippen LogP contribution in [0.3, 0.4) is 0 Å². The number of aryl methyl sites for hydroxylation is 1. The molecule has 0 spiro atoms. The molecule has 4 aromatic rings. The van der Waals surface area contributed by atoms with E-state index in [1.807, 2.05) is 23.8 Å². The van der Waals surface area contributed by atoms with E-state index < -0.39 is 29.8 Å². The zero-order chi connectivity index (χ0) is 25.4. The largest absolute Gasteiger partial charge is 0.494 e. The molecule has 8 nitrogen and oxygen atoms in total. The second kappa shape index (κ2) is 9.54. The van der Waals surface area contributed by atoms with Crippen LogP contribution in [0.1, 0.15) is 41.8 Å². The van der Waals surface area contributed by atoms with Gasteiger partial charge in [0.25, 0.3) is 5.56 Å². The molecule has 1 aliphatic rings. The highest BCUT2D eigenvalue weighted by Gasteiger charge is 2.29. The maximum atomic E-state index is 13.9. The van der Waals surface area contributed by atoms with E-state index in [1.165, 1.54) is 0 Å². The lowest BCUT2D eigenvalue weighted by atomic mass is 10.1. The number of imidazole rings is 1. The van der Waals surface area contributed by atoms with Crippen LogP contribution >= 0.6 is 0 Å². The van der Waals surface area contributed by atoms with Crippen molar-refractivity contribution in [3.05, 3.63) is 93.9 Å². The maximum absolute atomic E-state index is 13.9. The number of nitrogens with one attached hydrogen (secondary N) is 1. The summed E-state index contributed by atoms with van der Waals surface area (Å²) in [6.07, 6.45) is 5.42. The van der Waals surface area contributed by atoms with Gasteiger partial charge in [0.2, 0.25) is 0 Å². The molecule has 5 rings (SSSR count). The average Bonchev–Trinajstić information content (AvgIpc) is 3.61. The third kappa shape index (κ3) is 4.72. The lowest BCUT2D eigenvalue weighted by molar-refractivity contribution is 0.236. The molecule has 1 fully saturated rings. The molecule has 0 unspecified atom stereocenters. The van der Waals surface area contributed by atoms with E-state index in [-0.39, 0.29) is 17.2 Å². The van der Waals surface area contributed by atoms with Crippen LogP contribution in [0.15, 0.2) is 59.8 Å². The molecule has 0 radical (unpaired) electrons. The van der Waals surface area contributed by atoms with Crippen molar-refractivity contribution in [3.8, 4) is 11.4 Å². The van der Waals surface area contributed by atoms with Crippen molar-refractivity contribution in [2.24, 2.45) is 0 Å². The van der Waals surface area contributed by atoms with Crippen LogP contribution in [0.5, 0.6) is 5.75 Å². The summed E-state index contributed by atoms with van der Waals surface area (Å²) in [5.74, 6) is -0.845. The summed E-state index contributed by atoms with van der Waals surface area (Å²) >= 11 is 0. The van der Waals surface area contributed by atoms with E-state index in [1.54, 1.807) is 31.6 Å². The molecule has 36 heavy (non-hydrogen) atoms. The third-order valence-corrected chi connectivity index (χ3v) is 6.14. The van der Waals surface area contributed by atoms with Gasteiger partial charge in [-0.05, 0) is 55.7 Å². The van der Waals surface area contributed by atoms with Gasteiger partial charge in [0.1, 0.15) is 29.1 Å². The van der Waals surface area contributed by atoms with Gasteiger partial charge >= 0.3 is 0 Å². The van der Waals surface area contributed by atoms with Crippen molar-refractivity contribution in [1.82, 2.24) is 19.3 Å². The number of rotatable bonds is 8. The molecule has 2 N–H and O–H groups in total. The van der Waals surface area contributed by atoms with Gasteiger partial charge in [-0.3, -0.25) is 4.79 Å². The van der Waals surface area contributed by atoms with Gasteiger partial charge in [-0.15, -0.1) is 0 Å². The fraction of sp³-hybridized carbons (Fsp3) is 0.269. The standard InChI is InChI=1S/C26H25F2N5O3/c1-15-12-32(14-29-15)23-6-5-20(10-25(23)36-2)30-22-11-21(16-3-4-16)31-33(26(22)35)24(13-34)17-7-18(27)9-19(28)8-17/h5-12,14,16,24,30,34H,3-4,13H2,1-2H3/t24-/m0/s1. The normalized spacial score (nSPS) is 14.0. The molecule has 0 aliphatic heterocycles. The fourth-order valence-corrected chi connectivity index (χ4v) is 4.18. The number of anilines is 2. The maximum Gasteiger partial charge on any atom is 0.291 e. The Morgan fingerprint density at radius 1 is 1.17 bits per heavy atom. The molecule has 2 aromatic heterocycles. The Kier molecular flexibility index (Phi) is 6.27. The lowest BCUT2D eigenvalue weighted by Crippen LogP contribution is -2.32. The Hall–Kier alpha value is -4.05. The first-order chi connectivity index (χ1) is 17.4. The highest BCUT2D eigenvalue weighted by molar-refractivity contribution is 5.65. The van der Waals surface area contributed by atoms with Crippen LogP contribution in [-0.2, 0) is 0 Å². The van der Waals surface area contributed by atoms with Crippen LogP contribution in [0, 0.1) is 18.6 Å². The molecular weight excluding hydrogens is 468 g/mol. The number of halogens is 2. The number of hydrogen-bond acceptors (Lipinski definition) is 6. The van der Waals surface area contributed by atoms with Gasteiger partial charge in [0.05, 0.1) is 37.1 Å². The predicted octanol–water partition coefficient (Wildman–Crippen LogP) is 4.23. The van der Waals surface area contributed by atoms with E-state index >= 15 is 0 Å². The van der Waals surface area contributed by atoms with Gasteiger partial charge in [-0.25, -0.2) is 18.4 Å². The zero-order valence-electron chi connectivity index (χ0n) is 19.8. The van der Waals surface area contributed by atoms with Crippen molar-refractivity contribution < 1.29 is 18.6 Å². The number of hydrogen-bond donors (Lipinski definition) is 2. The van der Waals surface area contributed by atoms with Crippen LogP contribution in [0.4, 0.5) is 20.2 Å². The molecule has 1 atom stereocenters. The number of aliphatic hydroxyl groups is 1. The molecule has 2 aromatic carbocycles. The molecule has 186 valence electrons. The predicted molar refractivity (Wildman–Crippen MR) is 130 cm³/mol. The van der Waals surface area contributed by atoms with E-state index in [0.29, 0.717) is 17.1 Å². The minimum absolute atomic E-state index is 0.116. The number of methoxy groups -OCH3 is 1. The van der Waals surface area contributed by atoms with Crippen LogP contribution < -0.4 is 15.6 Å². The van der Waals surface area contributed by atoms with Crippen molar-refractivity contribution in [3.63, 3.8) is 0 Å². The van der Waals surface area contributed by atoms with Gasteiger partial charge in [-0.2, -0.15) is 5.10 Å². The van der Waals surface area contributed by atoms with Crippen molar-refractivity contribution in [2.75, 3.05) is 19.0 Å². The third-order valence-electron chi connectivity index (χ3n) is 6.14. The summed E-state index contributed by atoms with van der Waals surface area (Å²) in [5.41, 5.74) is 2.73. The molecule has 1 saturated carbocycles. The van der Waals surface area contributed by atoms with Crippen molar-refractivity contribution in [2.45, 2.75) is 31.7 Å². The second-order valence-corrected chi connectivity index (χ2v) is 8.84. The molecule has 0 saturated heterocycles. The number of benzene rings is 2. The number of aliphatic hydroxyl groups excluding tert-OH is 1. The molecule has 1 aliphatic carbocycles. The summed E-state index contributed by atoms with van der Waals surface area (Å²) in [4.78, 5) is 17.7. The molecule has 10 heteroatoms. The molecular formula is C26H25F2N5O3. The summed E-state index contributed by atoms with van der Waals surface area (Å²) in [5, 5.41) is 17.7. The average molecular weight is 494 g/mol. The minimum Gasteiger partial charge on any atom is -0.494 e. The number of aromatic nitrogens is 4. The minimum atomic E-state index is -1.05. The molecule has 2 heterocycles. The first-order valence-corrected chi connectivity index (χ1v) is 11.5. The fourth-order valence-electron chi connectivity index (χ4n) is 4.18. The Labute approximate surface area is 205 Å². The highest BCUT2D eigenvalue weighted by atomic mass is 19.1. The van der Waals surface area contributed by atoms with Gasteiger partial charge in [0, 0.05) is 29.9 Å². The second-order valence-electron chi connectivity index (χ2n) is 8.84. The summed E-state index contributed by atoms with van der Waals surface area (Å²) in [7, 11) is 1.56. The number of nitrogens with zero attached hydrogens (tertiary/aromatic N) is 4.